The predicted molar refractivity (Wildman–Crippen MR) is 115 cm³/mol. The summed E-state index contributed by atoms with van der Waals surface area (Å²) in [5, 5.41) is 0. The van der Waals surface area contributed by atoms with E-state index in [1.807, 2.05) is 7.11 Å². The van der Waals surface area contributed by atoms with E-state index in [0.29, 0.717) is 10.8 Å². The number of ether oxygens (including phenoxy) is 1. The van der Waals surface area contributed by atoms with Crippen molar-refractivity contribution in [1.82, 2.24) is 0 Å². The number of hydrogen-bond donors (Lipinski definition) is 0. The summed E-state index contributed by atoms with van der Waals surface area (Å²) in [5.41, 5.74) is 1.22. The molecular formula is C26H46O. The molecule has 4 fully saturated rings. The van der Waals surface area contributed by atoms with Crippen molar-refractivity contribution in [1.29, 1.82) is 0 Å². The molecule has 0 spiro atoms. The van der Waals surface area contributed by atoms with Crippen LogP contribution in [0.2, 0.25) is 0 Å². The highest BCUT2D eigenvalue weighted by atomic mass is 16.5. The van der Waals surface area contributed by atoms with Crippen LogP contribution in [0.3, 0.4) is 0 Å². The van der Waals surface area contributed by atoms with Gasteiger partial charge in [0, 0.05) is 13.7 Å². The van der Waals surface area contributed by atoms with Crippen molar-refractivity contribution in [2.75, 3.05) is 13.7 Å². The Morgan fingerprint density at radius 1 is 0.926 bits per heavy atom. The summed E-state index contributed by atoms with van der Waals surface area (Å²) in [6.45, 7) is 14.0. The van der Waals surface area contributed by atoms with Crippen LogP contribution in [0.1, 0.15) is 92.4 Å². The molecule has 0 N–H and O–H groups in total. The molecule has 0 aromatic heterocycles. The van der Waals surface area contributed by atoms with E-state index < -0.39 is 0 Å². The minimum absolute atomic E-state index is 0.603. The maximum atomic E-state index is 5.54. The zero-order valence-electron chi connectivity index (χ0n) is 19.1. The van der Waals surface area contributed by atoms with Crippen LogP contribution in [-0.2, 0) is 4.74 Å². The fourth-order valence-electron chi connectivity index (χ4n) is 9.63. The van der Waals surface area contributed by atoms with Crippen molar-refractivity contribution >= 4 is 0 Å². The van der Waals surface area contributed by atoms with Gasteiger partial charge in [-0.3, -0.25) is 0 Å². The Morgan fingerprint density at radius 2 is 1.67 bits per heavy atom. The van der Waals surface area contributed by atoms with Gasteiger partial charge in [0.05, 0.1) is 0 Å². The second kappa shape index (κ2) is 7.33. The molecule has 1 heteroatoms. The summed E-state index contributed by atoms with van der Waals surface area (Å²) < 4.78 is 5.54. The average molecular weight is 375 g/mol. The minimum atomic E-state index is 0.603. The lowest BCUT2D eigenvalue weighted by atomic mass is 9.40. The normalized spacial score (nSPS) is 52.8. The molecule has 2 unspecified atom stereocenters. The fraction of sp³-hybridized carbons (Fsp3) is 1.00. The Hall–Kier alpha value is -0.0400. The first kappa shape index (κ1) is 20.2. The molecule has 156 valence electrons. The van der Waals surface area contributed by atoms with Crippen LogP contribution in [0.4, 0.5) is 0 Å². The van der Waals surface area contributed by atoms with E-state index in [2.05, 4.69) is 34.6 Å². The van der Waals surface area contributed by atoms with Gasteiger partial charge in [0.25, 0.3) is 0 Å². The van der Waals surface area contributed by atoms with E-state index in [-0.39, 0.29) is 0 Å². The van der Waals surface area contributed by atoms with Gasteiger partial charge in [0.1, 0.15) is 0 Å². The van der Waals surface area contributed by atoms with Crippen molar-refractivity contribution in [2.45, 2.75) is 92.4 Å². The lowest BCUT2D eigenvalue weighted by molar-refractivity contribution is -0.158. The molecule has 4 aliphatic carbocycles. The Morgan fingerprint density at radius 3 is 2.37 bits per heavy atom. The quantitative estimate of drug-likeness (QED) is 0.507. The summed E-state index contributed by atoms with van der Waals surface area (Å²) in [6.07, 6.45) is 13.4. The maximum absolute atomic E-state index is 5.54. The van der Waals surface area contributed by atoms with Crippen LogP contribution in [0.25, 0.3) is 0 Å². The molecule has 0 saturated heterocycles. The maximum Gasteiger partial charge on any atom is 0.0490 e. The van der Waals surface area contributed by atoms with E-state index in [1.54, 1.807) is 0 Å². The topological polar surface area (TPSA) is 9.23 Å². The molecule has 4 rings (SSSR count). The first-order chi connectivity index (χ1) is 12.8. The van der Waals surface area contributed by atoms with Crippen molar-refractivity contribution in [2.24, 2.45) is 58.2 Å². The van der Waals surface area contributed by atoms with E-state index in [0.717, 1.165) is 54.0 Å². The third-order valence-corrected chi connectivity index (χ3v) is 10.5. The lowest BCUT2D eigenvalue weighted by Gasteiger charge is -2.65. The average Bonchev–Trinajstić information content (AvgIpc) is 2.60. The van der Waals surface area contributed by atoms with Crippen LogP contribution in [0, 0.1) is 58.2 Å². The number of hydrogen-bond acceptors (Lipinski definition) is 1. The molecule has 0 heterocycles. The van der Waals surface area contributed by atoms with Crippen LogP contribution in [0.15, 0.2) is 0 Å². The van der Waals surface area contributed by atoms with Crippen LogP contribution in [0.5, 0.6) is 0 Å². The Balaban J connectivity index is 1.58. The third-order valence-electron chi connectivity index (χ3n) is 10.5. The van der Waals surface area contributed by atoms with E-state index in [9.17, 15) is 0 Å². The molecule has 4 saturated carbocycles. The van der Waals surface area contributed by atoms with Crippen LogP contribution in [-0.4, -0.2) is 13.7 Å². The molecular weight excluding hydrogens is 328 g/mol. The summed E-state index contributed by atoms with van der Waals surface area (Å²) in [5.74, 6) is 7.65. The molecule has 0 aromatic carbocycles. The Bertz CT molecular complexity index is 526. The number of fused-ring (bicyclic) bond motifs is 5. The first-order valence-electron chi connectivity index (χ1n) is 12.3. The SMILES string of the molecule is COC[C@H]1CC[C@@H]2C3CC[C@@]4(C)C([C@@H]3CC[C@]2(C)C1)[C@H](C)CC[C@@H]4C(C)C. The predicted octanol–water partition coefficient (Wildman–Crippen LogP) is 7.20. The van der Waals surface area contributed by atoms with Gasteiger partial charge in [0.15, 0.2) is 0 Å². The smallest absolute Gasteiger partial charge is 0.0490 e. The highest BCUT2D eigenvalue weighted by Gasteiger charge is 2.59. The van der Waals surface area contributed by atoms with E-state index in [1.165, 1.54) is 57.8 Å². The molecule has 0 bridgehead atoms. The second-order valence-electron chi connectivity index (χ2n) is 12.2. The van der Waals surface area contributed by atoms with Crippen LogP contribution < -0.4 is 0 Å². The number of methoxy groups -OCH3 is 1. The van der Waals surface area contributed by atoms with Gasteiger partial charge in [-0.2, -0.15) is 0 Å². The van der Waals surface area contributed by atoms with Gasteiger partial charge in [-0.15, -0.1) is 0 Å². The van der Waals surface area contributed by atoms with E-state index in [4.69, 9.17) is 4.74 Å². The number of rotatable bonds is 3. The molecule has 0 aliphatic heterocycles. The largest absolute Gasteiger partial charge is 0.384 e. The summed E-state index contributed by atoms with van der Waals surface area (Å²) in [7, 11) is 1.89. The summed E-state index contributed by atoms with van der Waals surface area (Å²) in [4.78, 5) is 0. The lowest BCUT2D eigenvalue weighted by Crippen LogP contribution is -2.57. The van der Waals surface area contributed by atoms with Gasteiger partial charge in [-0.05, 0) is 110 Å². The standard InChI is InChI=1S/C26H46O/c1-17(2)22-9-7-18(3)24-21-11-13-25(4)15-19(16-27-6)8-10-23(25)20(21)12-14-26(22,24)5/h17-24H,7-16H2,1-6H3/t18-,19+,20?,21-,22-,23-,24?,25-,26-/m1/s1. The highest BCUT2D eigenvalue weighted by Crippen LogP contribution is 2.67. The molecule has 9 atom stereocenters. The fourth-order valence-corrected chi connectivity index (χ4v) is 9.63. The van der Waals surface area contributed by atoms with Crippen LogP contribution >= 0.6 is 0 Å². The molecule has 0 radical (unpaired) electrons. The minimum Gasteiger partial charge on any atom is -0.384 e. The third kappa shape index (κ3) is 3.23. The highest BCUT2D eigenvalue weighted by molar-refractivity contribution is 5.08. The molecule has 0 amide bonds. The van der Waals surface area contributed by atoms with Gasteiger partial charge in [0.2, 0.25) is 0 Å². The zero-order valence-corrected chi connectivity index (χ0v) is 19.1. The van der Waals surface area contributed by atoms with Crippen molar-refractivity contribution in [3.63, 3.8) is 0 Å². The van der Waals surface area contributed by atoms with Crippen molar-refractivity contribution in [3.8, 4) is 0 Å². The zero-order chi connectivity index (χ0) is 19.4. The van der Waals surface area contributed by atoms with Gasteiger partial charge in [-0.1, -0.05) is 41.0 Å². The molecule has 1 nitrogen and oxygen atoms in total. The molecule has 0 aromatic rings. The first-order valence-corrected chi connectivity index (χ1v) is 12.3. The van der Waals surface area contributed by atoms with E-state index >= 15 is 0 Å². The summed E-state index contributed by atoms with van der Waals surface area (Å²) >= 11 is 0. The second-order valence-corrected chi connectivity index (χ2v) is 12.2. The Kier molecular flexibility index (Phi) is 5.50. The van der Waals surface area contributed by atoms with Crippen molar-refractivity contribution in [3.05, 3.63) is 0 Å². The van der Waals surface area contributed by atoms with Gasteiger partial charge >= 0.3 is 0 Å². The van der Waals surface area contributed by atoms with Gasteiger partial charge in [-0.25, -0.2) is 0 Å². The van der Waals surface area contributed by atoms with Gasteiger partial charge < -0.3 is 4.74 Å². The Labute approximate surface area is 169 Å². The molecule has 4 aliphatic rings. The molecule has 27 heavy (non-hydrogen) atoms. The monoisotopic (exact) mass is 374 g/mol. The summed E-state index contributed by atoms with van der Waals surface area (Å²) in [6, 6.07) is 0. The van der Waals surface area contributed by atoms with Crippen molar-refractivity contribution < 1.29 is 4.74 Å².